The molecular weight excluding hydrogens is 164 g/mol. The average molecular weight is 180 g/mol. The Balaban J connectivity index is 2.48. The molecule has 0 spiro atoms. The van der Waals surface area contributed by atoms with Gasteiger partial charge >= 0.3 is 0 Å². The number of primary amides is 1. The first-order valence-electron chi connectivity index (χ1n) is 4.42. The molecule has 0 heterocycles. The fourth-order valence-corrected chi connectivity index (χ4v) is 1.45. The molecule has 1 aliphatic carbocycles. The molecule has 0 aromatic carbocycles. The van der Waals surface area contributed by atoms with Crippen molar-refractivity contribution in [1.29, 1.82) is 0 Å². The van der Waals surface area contributed by atoms with Crippen LogP contribution in [-0.4, -0.2) is 31.4 Å². The van der Waals surface area contributed by atoms with Crippen LogP contribution in [0.5, 0.6) is 0 Å². The van der Waals surface area contributed by atoms with Crippen LogP contribution in [-0.2, 0) is 4.79 Å². The van der Waals surface area contributed by atoms with E-state index >= 15 is 0 Å². The predicted molar refractivity (Wildman–Crippen MR) is 53.1 cm³/mol. The third kappa shape index (κ3) is 3.03. The number of hydrogen-bond donors (Lipinski definition) is 1. The van der Waals surface area contributed by atoms with Crippen LogP contribution in [0.4, 0.5) is 0 Å². The monoisotopic (exact) mass is 180 g/mol. The van der Waals surface area contributed by atoms with Gasteiger partial charge in [0.05, 0.1) is 0 Å². The van der Waals surface area contributed by atoms with E-state index in [9.17, 15) is 4.79 Å². The molecule has 0 saturated heterocycles. The molecule has 0 aromatic rings. The van der Waals surface area contributed by atoms with Crippen LogP contribution in [0.1, 0.15) is 6.42 Å². The van der Waals surface area contributed by atoms with Gasteiger partial charge in [0, 0.05) is 12.1 Å². The van der Waals surface area contributed by atoms with Gasteiger partial charge in [0.25, 0.3) is 0 Å². The fraction of sp³-hybridized carbons (Fsp3) is 0.500. The number of rotatable bonds is 3. The molecule has 0 fully saturated rings. The quantitative estimate of drug-likeness (QED) is 0.689. The number of carbonyl (C=O) groups excluding carboxylic acids is 1. The Morgan fingerprint density at radius 3 is 2.77 bits per heavy atom. The number of hydrogen-bond acceptors (Lipinski definition) is 2. The Kier molecular flexibility index (Phi) is 3.25. The normalized spacial score (nSPS) is 21.8. The van der Waals surface area contributed by atoms with E-state index in [2.05, 4.69) is 11.0 Å². The zero-order valence-corrected chi connectivity index (χ0v) is 8.16. The lowest BCUT2D eigenvalue weighted by molar-refractivity contribution is -0.114. The molecule has 3 nitrogen and oxygen atoms in total. The summed E-state index contributed by atoms with van der Waals surface area (Å²) in [6.45, 7) is 1.01. The third-order valence-electron chi connectivity index (χ3n) is 2.07. The average Bonchev–Trinajstić information content (AvgIpc) is 2.04. The number of nitrogens with two attached hydrogens (primary N) is 1. The second kappa shape index (κ2) is 4.23. The second-order valence-corrected chi connectivity index (χ2v) is 3.64. The van der Waals surface area contributed by atoms with Crippen molar-refractivity contribution in [3.63, 3.8) is 0 Å². The van der Waals surface area contributed by atoms with Gasteiger partial charge in [-0.25, -0.2) is 0 Å². The van der Waals surface area contributed by atoms with Gasteiger partial charge in [0.2, 0.25) is 5.91 Å². The van der Waals surface area contributed by atoms with Crippen molar-refractivity contribution in [3.8, 4) is 0 Å². The van der Waals surface area contributed by atoms with Gasteiger partial charge < -0.3 is 10.6 Å². The lowest BCUT2D eigenvalue weighted by Crippen LogP contribution is -2.22. The lowest BCUT2D eigenvalue weighted by Gasteiger charge is -2.19. The van der Waals surface area contributed by atoms with E-state index in [0.29, 0.717) is 11.5 Å². The van der Waals surface area contributed by atoms with E-state index in [1.807, 2.05) is 26.2 Å². The maximum atomic E-state index is 10.8. The van der Waals surface area contributed by atoms with Gasteiger partial charge in [-0.05, 0) is 26.4 Å². The molecule has 0 aromatic heterocycles. The lowest BCUT2D eigenvalue weighted by atomic mass is 9.96. The first-order valence-corrected chi connectivity index (χ1v) is 4.42. The van der Waals surface area contributed by atoms with Crippen LogP contribution in [0.25, 0.3) is 0 Å². The molecule has 1 unspecified atom stereocenters. The third-order valence-corrected chi connectivity index (χ3v) is 2.07. The summed E-state index contributed by atoms with van der Waals surface area (Å²) >= 11 is 0. The molecule has 1 amide bonds. The zero-order chi connectivity index (χ0) is 9.84. The van der Waals surface area contributed by atoms with Crippen LogP contribution in [0.15, 0.2) is 23.8 Å². The van der Waals surface area contributed by atoms with Gasteiger partial charge in [-0.3, -0.25) is 4.79 Å². The summed E-state index contributed by atoms with van der Waals surface area (Å²) in [5.74, 6) is 0.178. The van der Waals surface area contributed by atoms with Gasteiger partial charge in [-0.2, -0.15) is 0 Å². The largest absolute Gasteiger partial charge is 0.366 e. The van der Waals surface area contributed by atoms with Crippen molar-refractivity contribution >= 4 is 5.91 Å². The summed E-state index contributed by atoms with van der Waals surface area (Å²) in [7, 11) is 4.09. The van der Waals surface area contributed by atoms with E-state index < -0.39 is 0 Å². The Hall–Kier alpha value is -1.09. The summed E-state index contributed by atoms with van der Waals surface area (Å²) in [6.07, 6.45) is 6.70. The van der Waals surface area contributed by atoms with Crippen LogP contribution in [0.3, 0.4) is 0 Å². The van der Waals surface area contributed by atoms with Crippen molar-refractivity contribution in [1.82, 2.24) is 4.90 Å². The van der Waals surface area contributed by atoms with Gasteiger partial charge in [-0.15, -0.1) is 0 Å². The van der Waals surface area contributed by atoms with E-state index in [1.165, 1.54) is 0 Å². The molecule has 3 heteroatoms. The highest BCUT2D eigenvalue weighted by molar-refractivity contribution is 5.94. The SMILES string of the molecule is CN(C)CC1C=CC(C(N)=O)=CC1. The van der Waals surface area contributed by atoms with E-state index in [-0.39, 0.29) is 5.91 Å². The molecule has 0 radical (unpaired) electrons. The molecule has 1 aliphatic rings. The Morgan fingerprint density at radius 1 is 1.69 bits per heavy atom. The van der Waals surface area contributed by atoms with Crippen molar-refractivity contribution in [3.05, 3.63) is 23.8 Å². The van der Waals surface area contributed by atoms with Crippen LogP contribution < -0.4 is 5.73 Å². The summed E-state index contributed by atoms with van der Waals surface area (Å²) in [4.78, 5) is 12.9. The molecule has 13 heavy (non-hydrogen) atoms. The summed E-state index contributed by atoms with van der Waals surface area (Å²) in [6, 6.07) is 0. The predicted octanol–water partition coefficient (Wildman–Crippen LogP) is 0.536. The Morgan fingerprint density at radius 2 is 2.38 bits per heavy atom. The highest BCUT2D eigenvalue weighted by Gasteiger charge is 2.11. The Labute approximate surface area is 78.9 Å². The van der Waals surface area contributed by atoms with Gasteiger partial charge in [-0.1, -0.05) is 18.2 Å². The molecule has 1 atom stereocenters. The number of allylic oxidation sites excluding steroid dienone is 1. The number of amides is 1. The Bertz CT molecular complexity index is 254. The van der Waals surface area contributed by atoms with Crippen LogP contribution in [0, 0.1) is 5.92 Å². The fourth-order valence-electron chi connectivity index (χ4n) is 1.45. The second-order valence-electron chi connectivity index (χ2n) is 3.64. The van der Waals surface area contributed by atoms with Gasteiger partial charge in [0.1, 0.15) is 0 Å². The van der Waals surface area contributed by atoms with Crippen molar-refractivity contribution in [2.75, 3.05) is 20.6 Å². The number of nitrogens with zero attached hydrogens (tertiary/aromatic N) is 1. The van der Waals surface area contributed by atoms with E-state index in [4.69, 9.17) is 5.73 Å². The topological polar surface area (TPSA) is 46.3 Å². The molecule has 72 valence electrons. The first kappa shape index (κ1) is 9.99. The van der Waals surface area contributed by atoms with Crippen molar-refractivity contribution in [2.24, 2.45) is 11.7 Å². The summed E-state index contributed by atoms with van der Waals surface area (Å²) < 4.78 is 0. The van der Waals surface area contributed by atoms with Crippen LogP contribution in [0.2, 0.25) is 0 Å². The van der Waals surface area contributed by atoms with Crippen molar-refractivity contribution < 1.29 is 4.79 Å². The molecule has 2 N–H and O–H groups in total. The zero-order valence-electron chi connectivity index (χ0n) is 8.16. The highest BCUT2D eigenvalue weighted by Crippen LogP contribution is 2.16. The van der Waals surface area contributed by atoms with E-state index in [0.717, 1.165) is 13.0 Å². The minimum atomic E-state index is -0.334. The standard InChI is InChI=1S/C10H16N2O/c1-12(2)7-8-3-5-9(6-4-8)10(11)13/h3,5-6,8H,4,7H2,1-2H3,(H2,11,13). The maximum Gasteiger partial charge on any atom is 0.248 e. The maximum absolute atomic E-state index is 10.8. The molecule has 0 saturated carbocycles. The highest BCUT2D eigenvalue weighted by atomic mass is 16.1. The summed E-state index contributed by atoms with van der Waals surface area (Å²) in [5, 5.41) is 0. The first-order chi connectivity index (χ1) is 6.09. The molecule has 0 bridgehead atoms. The molecular formula is C10H16N2O. The van der Waals surface area contributed by atoms with E-state index in [1.54, 1.807) is 0 Å². The van der Waals surface area contributed by atoms with Gasteiger partial charge in [0.15, 0.2) is 0 Å². The summed E-state index contributed by atoms with van der Waals surface area (Å²) in [5.41, 5.74) is 5.78. The molecule has 0 aliphatic heterocycles. The van der Waals surface area contributed by atoms with Crippen LogP contribution >= 0.6 is 0 Å². The minimum absolute atomic E-state index is 0.334. The number of carbonyl (C=O) groups is 1. The smallest absolute Gasteiger partial charge is 0.248 e. The minimum Gasteiger partial charge on any atom is -0.366 e. The van der Waals surface area contributed by atoms with Crippen molar-refractivity contribution in [2.45, 2.75) is 6.42 Å². The molecule has 1 rings (SSSR count).